The zero-order chi connectivity index (χ0) is 23.1. The lowest BCUT2D eigenvalue weighted by molar-refractivity contribution is 0.111. The summed E-state index contributed by atoms with van der Waals surface area (Å²) < 4.78 is 10.9. The topological polar surface area (TPSA) is 62.2 Å². The van der Waals surface area contributed by atoms with Gasteiger partial charge in [-0.05, 0) is 87.0 Å². The molecule has 3 fully saturated rings. The predicted octanol–water partition coefficient (Wildman–Crippen LogP) is 5.29. The van der Waals surface area contributed by atoms with Crippen LogP contribution in [-0.2, 0) is 0 Å². The van der Waals surface area contributed by atoms with Crippen molar-refractivity contribution in [1.29, 1.82) is 0 Å². The second-order valence-electron chi connectivity index (χ2n) is 8.43. The van der Waals surface area contributed by atoms with E-state index in [2.05, 4.69) is 18.1 Å². The Labute approximate surface area is 191 Å². The van der Waals surface area contributed by atoms with E-state index < -0.39 is 12.1 Å². The van der Waals surface area contributed by atoms with E-state index in [0.29, 0.717) is 31.1 Å². The van der Waals surface area contributed by atoms with Gasteiger partial charge in [-0.3, -0.25) is 4.90 Å². The number of allylic oxidation sites excluding steroid dienone is 1. The zero-order valence-corrected chi connectivity index (χ0v) is 19.4. The third-order valence-corrected chi connectivity index (χ3v) is 6.68. The van der Waals surface area contributed by atoms with Crippen LogP contribution in [0.1, 0.15) is 44.2 Å². The molecule has 174 valence electrons. The smallest absolute Gasteiger partial charge is 0.408 e. The van der Waals surface area contributed by atoms with E-state index >= 15 is 0 Å². The predicted molar refractivity (Wildman–Crippen MR) is 127 cm³/mol. The summed E-state index contributed by atoms with van der Waals surface area (Å²) in [5.74, 6) is 2.32. The van der Waals surface area contributed by atoms with Gasteiger partial charge in [-0.2, -0.15) is 0 Å². The van der Waals surface area contributed by atoms with Crippen molar-refractivity contribution < 1.29 is 19.4 Å². The van der Waals surface area contributed by atoms with Gasteiger partial charge < -0.3 is 19.5 Å². The highest BCUT2D eigenvalue weighted by Crippen LogP contribution is 2.40. The van der Waals surface area contributed by atoms with Crippen molar-refractivity contribution >= 4 is 6.09 Å². The van der Waals surface area contributed by atoms with Gasteiger partial charge >= 0.3 is 6.09 Å². The monoisotopic (exact) mass is 440 g/mol. The largest absolute Gasteiger partial charge is 0.493 e. The number of amides is 1. The van der Waals surface area contributed by atoms with E-state index in [0.717, 1.165) is 22.6 Å². The van der Waals surface area contributed by atoms with E-state index in [1.165, 1.54) is 43.8 Å². The van der Waals surface area contributed by atoms with Gasteiger partial charge in [0.2, 0.25) is 0 Å². The second kappa shape index (κ2) is 11.2. The molecule has 0 spiro atoms. The van der Waals surface area contributed by atoms with E-state index in [1.807, 2.05) is 19.1 Å². The quantitative estimate of drug-likeness (QED) is 0.651. The van der Waals surface area contributed by atoms with Crippen molar-refractivity contribution in [1.82, 2.24) is 9.80 Å². The Bertz CT molecular complexity index is 832. The molecule has 5 rings (SSSR count). The molecule has 4 heterocycles. The molecular weight excluding hydrogens is 404 g/mol. The summed E-state index contributed by atoms with van der Waals surface area (Å²) in [5.41, 5.74) is 2.68. The van der Waals surface area contributed by atoms with Crippen molar-refractivity contribution in [3.05, 3.63) is 60.2 Å². The molecule has 1 amide bonds. The van der Waals surface area contributed by atoms with Crippen LogP contribution in [0.2, 0.25) is 0 Å². The molecule has 6 nitrogen and oxygen atoms in total. The van der Waals surface area contributed by atoms with Crippen LogP contribution in [0.5, 0.6) is 11.5 Å². The molecule has 1 atom stereocenters. The van der Waals surface area contributed by atoms with Crippen LogP contribution in [-0.4, -0.2) is 60.9 Å². The number of hydrogen-bond acceptors (Lipinski definition) is 4. The highest BCUT2D eigenvalue weighted by molar-refractivity contribution is 5.68. The Kier molecular flexibility index (Phi) is 8.39. The molecule has 1 N–H and O–H groups in total. The lowest BCUT2D eigenvalue weighted by atomic mass is 9.88. The molecule has 0 aromatic heterocycles. The second-order valence-corrected chi connectivity index (χ2v) is 8.43. The third kappa shape index (κ3) is 5.36. The molecule has 4 aliphatic rings. The first-order chi connectivity index (χ1) is 15.5. The Morgan fingerprint density at radius 3 is 2.25 bits per heavy atom. The summed E-state index contributed by atoms with van der Waals surface area (Å²) >= 11 is 0. The molecule has 1 aromatic rings. The van der Waals surface area contributed by atoms with Crippen LogP contribution in [0.3, 0.4) is 0 Å². The number of piperidine rings is 3. The highest BCUT2D eigenvalue weighted by Gasteiger charge is 2.32. The van der Waals surface area contributed by atoms with Crippen LogP contribution in [0.4, 0.5) is 4.79 Å². The van der Waals surface area contributed by atoms with Gasteiger partial charge in [0.15, 0.2) is 11.5 Å². The number of ether oxygens (including phenoxy) is 2. The maximum Gasteiger partial charge on any atom is 0.408 e. The minimum absolute atomic E-state index is 0.411. The first kappa shape index (κ1) is 23.9. The Balaban J connectivity index is 0.000000297. The average molecular weight is 441 g/mol. The van der Waals surface area contributed by atoms with Crippen LogP contribution < -0.4 is 9.47 Å². The molecule has 0 radical (unpaired) electrons. The van der Waals surface area contributed by atoms with Gasteiger partial charge in [0, 0.05) is 6.54 Å². The van der Waals surface area contributed by atoms with Crippen LogP contribution >= 0.6 is 0 Å². The van der Waals surface area contributed by atoms with Crippen molar-refractivity contribution in [2.75, 3.05) is 39.9 Å². The molecule has 0 saturated carbocycles. The first-order valence-electron chi connectivity index (χ1n) is 11.5. The first-order valence-corrected chi connectivity index (χ1v) is 11.5. The number of nitrogens with zero attached hydrogens (tertiary/aromatic N) is 2. The van der Waals surface area contributed by atoms with E-state index in [1.54, 1.807) is 25.3 Å². The molecule has 2 bridgehead atoms. The van der Waals surface area contributed by atoms with Gasteiger partial charge in [0.05, 0.1) is 19.8 Å². The number of methoxy groups -OCH3 is 1. The summed E-state index contributed by atoms with van der Waals surface area (Å²) in [4.78, 5) is 15.7. The standard InChI is InChI=1S/C19H23NO4.C7H13N/c1-5-13-10-11-20(19(21)22)18(15(13)6-2)14-8-9-16(23-4)17(12-14)24-7-3;1-4-8-5-2-7(1)3-6-8/h5-6,8-9,12,18H,1-2,7,10-11H2,3-4H3,(H,21,22);7H,1-6H2/t18-;/m0./s1. The van der Waals surface area contributed by atoms with Crippen molar-refractivity contribution in [3.63, 3.8) is 0 Å². The number of carboxylic acid groups (broad SMARTS) is 1. The molecule has 3 saturated heterocycles. The maximum absolute atomic E-state index is 11.7. The molecule has 0 unspecified atom stereocenters. The van der Waals surface area contributed by atoms with Crippen LogP contribution in [0.15, 0.2) is 54.7 Å². The fraction of sp³-hybridized carbons (Fsp3) is 0.500. The minimum atomic E-state index is -0.962. The van der Waals surface area contributed by atoms with Crippen LogP contribution in [0.25, 0.3) is 0 Å². The highest BCUT2D eigenvalue weighted by atomic mass is 16.5. The van der Waals surface area contributed by atoms with Gasteiger partial charge in [0.1, 0.15) is 0 Å². The number of fused-ring (bicyclic) bond motifs is 3. The summed E-state index contributed by atoms with van der Waals surface area (Å²) in [6.45, 7) is 14.7. The fourth-order valence-corrected chi connectivity index (χ4v) is 4.88. The van der Waals surface area contributed by atoms with Crippen LogP contribution in [0, 0.1) is 5.92 Å². The van der Waals surface area contributed by atoms with E-state index in [-0.39, 0.29) is 0 Å². The van der Waals surface area contributed by atoms with Crippen molar-refractivity contribution in [2.45, 2.75) is 38.6 Å². The molecule has 1 aromatic carbocycles. The number of benzene rings is 1. The fourth-order valence-electron chi connectivity index (χ4n) is 4.88. The Morgan fingerprint density at radius 1 is 1.12 bits per heavy atom. The Hall–Kier alpha value is -2.73. The number of rotatable bonds is 6. The van der Waals surface area contributed by atoms with Crippen molar-refractivity contribution in [3.8, 4) is 11.5 Å². The lowest BCUT2D eigenvalue weighted by Crippen LogP contribution is -2.41. The zero-order valence-electron chi connectivity index (χ0n) is 19.4. The molecular formula is C26H36N2O4. The summed E-state index contributed by atoms with van der Waals surface area (Å²) in [5, 5.41) is 9.60. The molecule has 4 aliphatic heterocycles. The van der Waals surface area contributed by atoms with Crippen molar-refractivity contribution in [2.24, 2.45) is 5.92 Å². The van der Waals surface area contributed by atoms with Gasteiger partial charge in [-0.1, -0.05) is 31.4 Å². The van der Waals surface area contributed by atoms with Gasteiger partial charge in [-0.25, -0.2) is 4.79 Å². The summed E-state index contributed by atoms with van der Waals surface area (Å²) in [7, 11) is 1.58. The average Bonchev–Trinajstić information content (AvgIpc) is 2.84. The molecule has 0 aliphatic carbocycles. The number of carbonyl (C=O) groups is 1. The van der Waals surface area contributed by atoms with Gasteiger partial charge in [0.25, 0.3) is 0 Å². The maximum atomic E-state index is 11.7. The molecule has 6 heteroatoms. The summed E-state index contributed by atoms with van der Waals surface area (Å²) in [6, 6.07) is 5.05. The van der Waals surface area contributed by atoms with E-state index in [9.17, 15) is 9.90 Å². The van der Waals surface area contributed by atoms with Gasteiger partial charge in [-0.15, -0.1) is 0 Å². The normalized spacial score (nSPS) is 24.3. The minimum Gasteiger partial charge on any atom is -0.493 e. The summed E-state index contributed by atoms with van der Waals surface area (Å²) in [6.07, 6.45) is 7.61. The Morgan fingerprint density at radius 2 is 1.81 bits per heavy atom. The third-order valence-electron chi connectivity index (χ3n) is 6.68. The lowest BCUT2D eigenvalue weighted by Gasteiger charge is -2.38. The van der Waals surface area contributed by atoms with E-state index in [4.69, 9.17) is 9.47 Å². The SMILES string of the molecule is C1CN2CCC1CC2.C=CC1=C(C=C)[C@H](c2ccc(OC)c(OCC)c2)N(C(=O)O)CC1. The number of hydrogen-bond donors (Lipinski definition) is 1. The molecule has 32 heavy (non-hydrogen) atoms.